The summed E-state index contributed by atoms with van der Waals surface area (Å²) >= 11 is 1.16. The van der Waals surface area contributed by atoms with Crippen LogP contribution >= 0.6 is 11.3 Å². The van der Waals surface area contributed by atoms with E-state index in [4.69, 9.17) is 0 Å². The fraction of sp³-hybridized carbons (Fsp3) is 0.286. The zero-order valence-corrected chi connectivity index (χ0v) is 13.7. The number of aryl methyl sites for hydroxylation is 1. The molecule has 126 valence electrons. The molecule has 0 aliphatic rings. The highest BCUT2D eigenvalue weighted by molar-refractivity contribution is 7.91. The number of benzene rings is 1. The van der Waals surface area contributed by atoms with Crippen molar-refractivity contribution < 1.29 is 26.3 Å². The van der Waals surface area contributed by atoms with Gasteiger partial charge in [-0.3, -0.25) is 0 Å². The van der Waals surface area contributed by atoms with Crippen molar-refractivity contribution >= 4 is 21.4 Å². The van der Waals surface area contributed by atoms with Crippen LogP contribution in [0.2, 0.25) is 0 Å². The number of ether oxygens (including phenoxy) is 1. The van der Waals surface area contributed by atoms with E-state index in [1.165, 1.54) is 30.3 Å². The monoisotopic (exact) mass is 365 g/mol. The lowest BCUT2D eigenvalue weighted by molar-refractivity contribution is -0.153. The minimum atomic E-state index is -4.40. The SMILES string of the molecule is Cc1ccc(S(=O)(=O)NCc2ccc(OCC(F)(F)F)cc2)s1. The average Bonchev–Trinajstić information content (AvgIpc) is 2.91. The highest BCUT2D eigenvalue weighted by atomic mass is 32.2. The van der Waals surface area contributed by atoms with Gasteiger partial charge in [0.25, 0.3) is 0 Å². The van der Waals surface area contributed by atoms with E-state index in [9.17, 15) is 21.6 Å². The van der Waals surface area contributed by atoms with E-state index >= 15 is 0 Å². The third-order valence-electron chi connectivity index (χ3n) is 2.77. The number of thiophene rings is 1. The van der Waals surface area contributed by atoms with Crippen molar-refractivity contribution in [2.45, 2.75) is 23.9 Å². The number of nitrogens with one attached hydrogen (secondary N) is 1. The first-order chi connectivity index (χ1) is 10.7. The van der Waals surface area contributed by atoms with E-state index in [0.717, 1.165) is 16.2 Å². The molecule has 1 aromatic carbocycles. The Morgan fingerprint density at radius 1 is 1.13 bits per heavy atom. The fourth-order valence-electron chi connectivity index (χ4n) is 1.67. The molecular weight excluding hydrogens is 351 g/mol. The second kappa shape index (κ2) is 6.90. The van der Waals surface area contributed by atoms with E-state index in [-0.39, 0.29) is 16.5 Å². The van der Waals surface area contributed by atoms with E-state index in [2.05, 4.69) is 9.46 Å². The number of hydrogen-bond donors (Lipinski definition) is 1. The van der Waals surface area contributed by atoms with Gasteiger partial charge in [0.15, 0.2) is 6.61 Å². The molecule has 0 aliphatic heterocycles. The first-order valence-electron chi connectivity index (χ1n) is 6.50. The molecular formula is C14H14F3NO3S2. The van der Waals surface area contributed by atoms with Gasteiger partial charge in [0.05, 0.1) is 0 Å². The Balaban J connectivity index is 1.94. The van der Waals surface area contributed by atoms with Gasteiger partial charge < -0.3 is 4.74 Å². The van der Waals surface area contributed by atoms with E-state index in [1.54, 1.807) is 6.07 Å². The zero-order chi connectivity index (χ0) is 17.1. The van der Waals surface area contributed by atoms with Crippen LogP contribution in [0.15, 0.2) is 40.6 Å². The molecule has 23 heavy (non-hydrogen) atoms. The molecule has 0 aliphatic carbocycles. The summed E-state index contributed by atoms with van der Waals surface area (Å²) in [7, 11) is -3.59. The number of rotatable bonds is 6. The normalized spacial score (nSPS) is 12.3. The van der Waals surface area contributed by atoms with Crippen LogP contribution in [0.3, 0.4) is 0 Å². The van der Waals surface area contributed by atoms with Crippen LogP contribution in [-0.2, 0) is 16.6 Å². The second-order valence-corrected chi connectivity index (χ2v) is 8.02. The Kier molecular flexibility index (Phi) is 5.33. The van der Waals surface area contributed by atoms with Crippen molar-refractivity contribution in [3.05, 3.63) is 46.8 Å². The van der Waals surface area contributed by atoms with E-state index in [1.807, 2.05) is 6.92 Å². The van der Waals surface area contributed by atoms with Crippen LogP contribution in [0.5, 0.6) is 5.75 Å². The summed E-state index contributed by atoms with van der Waals surface area (Å²) < 4.78 is 67.4. The smallest absolute Gasteiger partial charge is 0.422 e. The standard InChI is InChI=1S/C14H14F3NO3S2/c1-10-2-7-13(22-10)23(19,20)18-8-11-3-5-12(6-4-11)21-9-14(15,16)17/h2-7,18H,8-9H2,1H3. The number of hydrogen-bond acceptors (Lipinski definition) is 4. The van der Waals surface area contributed by atoms with Crippen molar-refractivity contribution in [3.63, 3.8) is 0 Å². The van der Waals surface area contributed by atoms with Crippen LogP contribution in [0.25, 0.3) is 0 Å². The maximum absolute atomic E-state index is 12.0. The lowest BCUT2D eigenvalue weighted by Gasteiger charge is -2.10. The van der Waals surface area contributed by atoms with Crippen LogP contribution in [0, 0.1) is 6.92 Å². The highest BCUT2D eigenvalue weighted by Gasteiger charge is 2.28. The molecule has 0 fully saturated rings. The molecule has 0 saturated carbocycles. The molecule has 1 aromatic heterocycles. The lowest BCUT2D eigenvalue weighted by atomic mass is 10.2. The molecule has 2 rings (SSSR count). The van der Waals surface area contributed by atoms with Crippen LogP contribution in [0.1, 0.15) is 10.4 Å². The van der Waals surface area contributed by atoms with Crippen molar-refractivity contribution in [2.24, 2.45) is 0 Å². The summed E-state index contributed by atoms with van der Waals surface area (Å²) in [6, 6.07) is 8.99. The minimum absolute atomic E-state index is 0.0405. The summed E-state index contributed by atoms with van der Waals surface area (Å²) in [6.07, 6.45) is -4.40. The third kappa shape index (κ3) is 5.52. The Hall–Kier alpha value is -1.58. The van der Waals surface area contributed by atoms with Crippen LogP contribution in [0.4, 0.5) is 13.2 Å². The summed E-state index contributed by atoms with van der Waals surface area (Å²) in [6.45, 7) is 0.485. The van der Waals surface area contributed by atoms with Gasteiger partial charge in [-0.2, -0.15) is 13.2 Å². The topological polar surface area (TPSA) is 55.4 Å². The molecule has 0 radical (unpaired) electrons. The quantitative estimate of drug-likeness (QED) is 0.853. The average molecular weight is 365 g/mol. The van der Waals surface area contributed by atoms with Gasteiger partial charge >= 0.3 is 6.18 Å². The van der Waals surface area contributed by atoms with Crippen LogP contribution < -0.4 is 9.46 Å². The van der Waals surface area contributed by atoms with Gasteiger partial charge in [-0.15, -0.1) is 11.3 Å². The molecule has 0 atom stereocenters. The molecule has 0 saturated heterocycles. The number of halogens is 3. The van der Waals surface area contributed by atoms with E-state index < -0.39 is 22.8 Å². The Bertz CT molecular complexity index is 752. The van der Waals surface area contributed by atoms with Crippen molar-refractivity contribution in [1.29, 1.82) is 0 Å². The third-order valence-corrected chi connectivity index (χ3v) is 5.67. The summed E-state index contributed by atoms with van der Waals surface area (Å²) in [4.78, 5) is 0.886. The van der Waals surface area contributed by atoms with Crippen molar-refractivity contribution in [1.82, 2.24) is 4.72 Å². The lowest BCUT2D eigenvalue weighted by Crippen LogP contribution is -2.22. The molecule has 2 aromatic rings. The molecule has 0 spiro atoms. The molecule has 0 amide bonds. The van der Waals surface area contributed by atoms with Crippen LogP contribution in [-0.4, -0.2) is 21.2 Å². The first kappa shape index (κ1) is 17.8. The molecule has 1 heterocycles. The number of sulfonamides is 1. The summed E-state index contributed by atoms with van der Waals surface area (Å²) in [5.74, 6) is 0.0720. The van der Waals surface area contributed by atoms with Crippen molar-refractivity contribution in [2.75, 3.05) is 6.61 Å². The van der Waals surface area contributed by atoms with Gasteiger partial charge in [-0.05, 0) is 36.8 Å². The maximum Gasteiger partial charge on any atom is 0.422 e. The molecule has 1 N–H and O–H groups in total. The van der Waals surface area contributed by atoms with E-state index in [0.29, 0.717) is 5.56 Å². The van der Waals surface area contributed by atoms with Gasteiger partial charge in [0.2, 0.25) is 10.0 Å². The predicted molar refractivity (Wildman–Crippen MR) is 81.1 cm³/mol. The first-order valence-corrected chi connectivity index (χ1v) is 8.80. The van der Waals surface area contributed by atoms with Crippen molar-refractivity contribution in [3.8, 4) is 5.75 Å². The summed E-state index contributed by atoms with van der Waals surface area (Å²) in [5.41, 5.74) is 0.612. The van der Waals surface area contributed by atoms with Gasteiger partial charge in [-0.25, -0.2) is 13.1 Å². The zero-order valence-electron chi connectivity index (χ0n) is 12.1. The second-order valence-electron chi connectivity index (χ2n) is 4.74. The molecule has 0 bridgehead atoms. The predicted octanol–water partition coefficient (Wildman–Crippen LogP) is 3.48. The highest BCUT2D eigenvalue weighted by Crippen LogP contribution is 2.21. The number of alkyl halides is 3. The molecule has 0 unspecified atom stereocenters. The molecule has 9 heteroatoms. The Morgan fingerprint density at radius 3 is 2.30 bits per heavy atom. The van der Waals surface area contributed by atoms with Gasteiger partial charge in [0.1, 0.15) is 9.96 Å². The Labute approximate surface area is 136 Å². The van der Waals surface area contributed by atoms with Gasteiger partial charge in [0, 0.05) is 11.4 Å². The minimum Gasteiger partial charge on any atom is -0.484 e. The summed E-state index contributed by atoms with van der Waals surface area (Å²) in [5, 5.41) is 0. The maximum atomic E-state index is 12.0. The molecule has 4 nitrogen and oxygen atoms in total. The fourth-order valence-corrected chi connectivity index (χ4v) is 4.02. The van der Waals surface area contributed by atoms with Gasteiger partial charge in [-0.1, -0.05) is 12.1 Å². The largest absolute Gasteiger partial charge is 0.484 e. The Morgan fingerprint density at radius 2 is 1.78 bits per heavy atom.